The van der Waals surface area contributed by atoms with E-state index in [2.05, 4.69) is 20.8 Å². The summed E-state index contributed by atoms with van der Waals surface area (Å²) in [6, 6.07) is 0. The maximum atomic E-state index is 5.79. The van der Waals surface area contributed by atoms with Gasteiger partial charge in [-0.05, 0) is 12.3 Å². The van der Waals surface area contributed by atoms with Gasteiger partial charge in [0.1, 0.15) is 0 Å². The first-order valence-corrected chi connectivity index (χ1v) is 5.16. The number of nitrogens with two attached hydrogens (primary N) is 1. The molecule has 0 aromatic rings. The van der Waals surface area contributed by atoms with Gasteiger partial charge in [-0.25, -0.2) is 5.01 Å². The standard InChI is InChI=1S/C10H24N2/c1-4-5-6-7-8-12(11)9-10(2)3/h10H,4-9,11H2,1-3H3. The molecular formula is C10H24N2. The van der Waals surface area contributed by atoms with Crippen LogP contribution >= 0.6 is 0 Å². The molecule has 12 heavy (non-hydrogen) atoms. The normalized spacial score (nSPS) is 11.5. The summed E-state index contributed by atoms with van der Waals surface area (Å²) in [5.74, 6) is 6.47. The van der Waals surface area contributed by atoms with Crippen molar-refractivity contribution in [3.8, 4) is 0 Å². The third-order valence-corrected chi connectivity index (χ3v) is 1.90. The fourth-order valence-corrected chi connectivity index (χ4v) is 1.30. The second-order valence-corrected chi connectivity index (χ2v) is 3.95. The predicted octanol–water partition coefficient (Wildman–Crippen LogP) is 2.40. The van der Waals surface area contributed by atoms with E-state index in [1.807, 2.05) is 5.01 Å². The minimum absolute atomic E-state index is 0.682. The monoisotopic (exact) mass is 172 g/mol. The lowest BCUT2D eigenvalue weighted by molar-refractivity contribution is 0.246. The zero-order valence-corrected chi connectivity index (χ0v) is 8.84. The fourth-order valence-electron chi connectivity index (χ4n) is 1.30. The molecule has 0 atom stereocenters. The van der Waals surface area contributed by atoms with Crippen LogP contribution in [0.4, 0.5) is 0 Å². The van der Waals surface area contributed by atoms with Crippen LogP contribution < -0.4 is 5.84 Å². The van der Waals surface area contributed by atoms with Crippen molar-refractivity contribution in [2.75, 3.05) is 13.1 Å². The Bertz CT molecular complexity index is 91.8. The van der Waals surface area contributed by atoms with Gasteiger partial charge in [0.15, 0.2) is 0 Å². The lowest BCUT2D eigenvalue weighted by Crippen LogP contribution is -2.35. The van der Waals surface area contributed by atoms with E-state index in [1.165, 1.54) is 25.7 Å². The molecule has 0 aliphatic rings. The largest absolute Gasteiger partial charge is 0.269 e. The van der Waals surface area contributed by atoms with Gasteiger partial charge in [-0.2, -0.15) is 0 Å². The van der Waals surface area contributed by atoms with Gasteiger partial charge >= 0.3 is 0 Å². The fraction of sp³-hybridized carbons (Fsp3) is 1.00. The summed E-state index contributed by atoms with van der Waals surface area (Å²) in [6.07, 6.45) is 5.21. The Morgan fingerprint density at radius 3 is 2.33 bits per heavy atom. The Hall–Kier alpha value is -0.0800. The van der Waals surface area contributed by atoms with Crippen molar-refractivity contribution in [3.05, 3.63) is 0 Å². The van der Waals surface area contributed by atoms with Crippen LogP contribution in [0.5, 0.6) is 0 Å². The molecule has 0 bridgehead atoms. The molecule has 2 N–H and O–H groups in total. The van der Waals surface area contributed by atoms with Gasteiger partial charge in [-0.15, -0.1) is 0 Å². The number of unbranched alkanes of at least 4 members (excludes halogenated alkanes) is 3. The Balaban J connectivity index is 3.14. The molecule has 0 aromatic carbocycles. The molecule has 0 radical (unpaired) electrons. The zero-order valence-electron chi connectivity index (χ0n) is 8.84. The Morgan fingerprint density at radius 2 is 1.83 bits per heavy atom. The zero-order chi connectivity index (χ0) is 9.40. The van der Waals surface area contributed by atoms with Crippen LogP contribution in [0.15, 0.2) is 0 Å². The third-order valence-electron chi connectivity index (χ3n) is 1.90. The number of nitrogens with zero attached hydrogens (tertiary/aromatic N) is 1. The van der Waals surface area contributed by atoms with Gasteiger partial charge < -0.3 is 0 Å². The SMILES string of the molecule is CCCCCCN(N)CC(C)C. The molecule has 0 unspecified atom stereocenters. The minimum atomic E-state index is 0.682. The van der Waals surface area contributed by atoms with E-state index < -0.39 is 0 Å². The molecule has 0 aliphatic heterocycles. The highest BCUT2D eigenvalue weighted by molar-refractivity contribution is 4.52. The van der Waals surface area contributed by atoms with E-state index in [0.29, 0.717) is 5.92 Å². The molecular weight excluding hydrogens is 148 g/mol. The molecule has 2 heteroatoms. The molecule has 0 saturated heterocycles. The van der Waals surface area contributed by atoms with Crippen molar-refractivity contribution in [1.82, 2.24) is 5.01 Å². The topological polar surface area (TPSA) is 29.3 Å². The Labute approximate surface area is 77.1 Å². The summed E-state index contributed by atoms with van der Waals surface area (Å²) in [5.41, 5.74) is 0. The van der Waals surface area contributed by atoms with Crippen LogP contribution in [0.25, 0.3) is 0 Å². The van der Waals surface area contributed by atoms with Gasteiger partial charge in [0.2, 0.25) is 0 Å². The summed E-state index contributed by atoms with van der Waals surface area (Å²) < 4.78 is 0. The van der Waals surface area contributed by atoms with Crippen LogP contribution in [0.2, 0.25) is 0 Å². The molecule has 0 spiro atoms. The number of hydrogen-bond acceptors (Lipinski definition) is 2. The molecule has 2 nitrogen and oxygen atoms in total. The molecule has 0 rings (SSSR count). The third kappa shape index (κ3) is 8.02. The summed E-state index contributed by atoms with van der Waals surface area (Å²) in [5, 5.41) is 1.94. The maximum Gasteiger partial charge on any atom is 0.0151 e. The molecule has 0 aromatic heterocycles. The Morgan fingerprint density at radius 1 is 1.17 bits per heavy atom. The van der Waals surface area contributed by atoms with E-state index in [1.54, 1.807) is 0 Å². The lowest BCUT2D eigenvalue weighted by atomic mass is 10.2. The highest BCUT2D eigenvalue weighted by atomic mass is 15.4. The molecule has 0 aliphatic carbocycles. The van der Waals surface area contributed by atoms with Crippen LogP contribution in [-0.4, -0.2) is 18.1 Å². The van der Waals surface area contributed by atoms with Gasteiger partial charge in [0.05, 0.1) is 0 Å². The van der Waals surface area contributed by atoms with Crippen LogP contribution in [-0.2, 0) is 0 Å². The van der Waals surface area contributed by atoms with Crippen molar-refractivity contribution in [1.29, 1.82) is 0 Å². The van der Waals surface area contributed by atoms with Crippen molar-refractivity contribution in [3.63, 3.8) is 0 Å². The van der Waals surface area contributed by atoms with Gasteiger partial charge in [0, 0.05) is 13.1 Å². The number of hydrogen-bond donors (Lipinski definition) is 1. The van der Waals surface area contributed by atoms with Gasteiger partial charge in [-0.3, -0.25) is 5.84 Å². The molecule has 0 saturated carbocycles. The molecule has 0 amide bonds. The van der Waals surface area contributed by atoms with Crippen LogP contribution in [0.1, 0.15) is 46.5 Å². The van der Waals surface area contributed by atoms with Gasteiger partial charge in [0.25, 0.3) is 0 Å². The number of hydrazine groups is 1. The van der Waals surface area contributed by atoms with Gasteiger partial charge in [-0.1, -0.05) is 40.0 Å². The first kappa shape index (κ1) is 11.9. The lowest BCUT2D eigenvalue weighted by Gasteiger charge is -2.17. The summed E-state index contributed by atoms with van der Waals surface area (Å²) >= 11 is 0. The van der Waals surface area contributed by atoms with Crippen molar-refractivity contribution in [2.24, 2.45) is 11.8 Å². The smallest absolute Gasteiger partial charge is 0.0151 e. The first-order valence-electron chi connectivity index (χ1n) is 5.16. The van der Waals surface area contributed by atoms with E-state index >= 15 is 0 Å². The van der Waals surface area contributed by atoms with Crippen LogP contribution in [0, 0.1) is 5.92 Å². The molecule has 0 heterocycles. The Kier molecular flexibility index (Phi) is 7.51. The van der Waals surface area contributed by atoms with Crippen molar-refractivity contribution >= 4 is 0 Å². The molecule has 0 fully saturated rings. The van der Waals surface area contributed by atoms with E-state index in [9.17, 15) is 0 Å². The highest BCUT2D eigenvalue weighted by Crippen LogP contribution is 2.00. The predicted molar refractivity (Wildman–Crippen MR) is 54.7 cm³/mol. The minimum Gasteiger partial charge on any atom is -0.269 e. The molecule has 74 valence electrons. The second-order valence-electron chi connectivity index (χ2n) is 3.95. The summed E-state index contributed by atoms with van der Waals surface area (Å²) in [7, 11) is 0. The van der Waals surface area contributed by atoms with E-state index in [0.717, 1.165) is 13.1 Å². The average Bonchev–Trinajstić information content (AvgIpc) is 1.97. The number of rotatable bonds is 7. The summed E-state index contributed by atoms with van der Waals surface area (Å²) in [4.78, 5) is 0. The highest BCUT2D eigenvalue weighted by Gasteiger charge is 2.00. The quantitative estimate of drug-likeness (QED) is 0.363. The average molecular weight is 172 g/mol. The van der Waals surface area contributed by atoms with E-state index in [-0.39, 0.29) is 0 Å². The van der Waals surface area contributed by atoms with Crippen LogP contribution in [0.3, 0.4) is 0 Å². The second kappa shape index (κ2) is 7.56. The summed E-state index contributed by atoms with van der Waals surface area (Å²) in [6.45, 7) is 8.70. The van der Waals surface area contributed by atoms with Crippen molar-refractivity contribution < 1.29 is 0 Å². The van der Waals surface area contributed by atoms with Crippen molar-refractivity contribution in [2.45, 2.75) is 46.5 Å². The van der Waals surface area contributed by atoms with E-state index in [4.69, 9.17) is 5.84 Å². The first-order chi connectivity index (χ1) is 5.66. The maximum absolute atomic E-state index is 5.79.